The van der Waals surface area contributed by atoms with Crippen LogP contribution in [-0.2, 0) is 16.7 Å². The van der Waals surface area contributed by atoms with E-state index in [2.05, 4.69) is 35.9 Å². The van der Waals surface area contributed by atoms with Crippen molar-refractivity contribution in [3.8, 4) is 11.6 Å². The van der Waals surface area contributed by atoms with E-state index in [1.807, 2.05) is 26.0 Å². The lowest BCUT2D eigenvalue weighted by molar-refractivity contribution is 0.0965. The van der Waals surface area contributed by atoms with Crippen LogP contribution in [0.3, 0.4) is 0 Å². The molecule has 0 spiro atoms. The number of nitrogens with zero attached hydrogens (tertiary/aromatic N) is 5. The summed E-state index contributed by atoms with van der Waals surface area (Å²) >= 11 is 0. The first-order valence-corrected chi connectivity index (χ1v) is 11.9. The molecule has 0 radical (unpaired) electrons. The molecule has 10 nitrogen and oxygen atoms in total. The van der Waals surface area contributed by atoms with Gasteiger partial charge in [0.2, 0.25) is 11.5 Å². The number of fused-ring (bicyclic) bond motifs is 1. The summed E-state index contributed by atoms with van der Waals surface area (Å²) in [7, 11) is 1.67. The number of aromatic nitrogens is 4. The standard InChI is InChI=1S/C25H34N6O4.ClH/c1-7-35-23-16(2)12-21-27-30(24(26)31(21)28-23)15-20(32)17-13-18(25(3,4)5)22(33-6)19(14-17)29-8-10-34-11-9-29;/h12-14,26H,7-11,15H2,1-6H3;1H. The quantitative estimate of drug-likeness (QED) is 0.479. The molecule has 196 valence electrons. The Bertz CT molecular complexity index is 1300. The van der Waals surface area contributed by atoms with E-state index in [1.165, 1.54) is 9.20 Å². The largest absolute Gasteiger partial charge is 0.494 e. The molecule has 0 unspecified atom stereocenters. The minimum Gasteiger partial charge on any atom is -0.494 e. The van der Waals surface area contributed by atoms with Crippen LogP contribution in [0.2, 0.25) is 0 Å². The molecule has 4 rings (SSSR count). The van der Waals surface area contributed by atoms with E-state index in [0.29, 0.717) is 36.9 Å². The van der Waals surface area contributed by atoms with Gasteiger partial charge in [-0.05, 0) is 37.5 Å². The Labute approximate surface area is 217 Å². The number of hydrogen-bond donors (Lipinski definition) is 1. The van der Waals surface area contributed by atoms with Crippen molar-refractivity contribution in [3.63, 3.8) is 0 Å². The van der Waals surface area contributed by atoms with E-state index >= 15 is 0 Å². The van der Waals surface area contributed by atoms with Crippen molar-refractivity contribution >= 4 is 29.5 Å². The SMILES string of the molecule is CCOc1nn2c(=N)n(CC(=O)c3cc(N4CCOCC4)c(OC)c(C(C)(C)C)c3)nc2cc1C.Cl. The van der Waals surface area contributed by atoms with Crippen molar-refractivity contribution in [2.24, 2.45) is 0 Å². The molecule has 1 aliphatic heterocycles. The van der Waals surface area contributed by atoms with Crippen LogP contribution in [0.25, 0.3) is 5.65 Å². The number of methoxy groups -OCH3 is 1. The molecular weight excluding hydrogens is 484 g/mol. The molecule has 0 saturated carbocycles. The van der Waals surface area contributed by atoms with Gasteiger partial charge in [0.25, 0.3) is 0 Å². The van der Waals surface area contributed by atoms with Crippen LogP contribution in [0.4, 0.5) is 5.69 Å². The molecule has 0 amide bonds. The first kappa shape index (κ1) is 27.5. The minimum atomic E-state index is -0.239. The Balaban J connectivity index is 0.00000361. The second-order valence-corrected chi connectivity index (χ2v) is 9.67. The van der Waals surface area contributed by atoms with E-state index in [-0.39, 0.29) is 35.8 Å². The van der Waals surface area contributed by atoms with Crippen molar-refractivity contribution in [2.75, 3.05) is 44.9 Å². The van der Waals surface area contributed by atoms with Gasteiger partial charge in [0, 0.05) is 29.8 Å². The van der Waals surface area contributed by atoms with Crippen LogP contribution in [0.1, 0.15) is 49.2 Å². The molecular formula is C25H35ClN6O4. The normalized spacial score (nSPS) is 14.0. The third-order valence-corrected chi connectivity index (χ3v) is 6.09. The number of halogens is 1. The number of ketones is 1. The average Bonchev–Trinajstić information content (AvgIpc) is 3.12. The molecule has 2 aromatic heterocycles. The highest BCUT2D eigenvalue weighted by Gasteiger charge is 2.27. The van der Waals surface area contributed by atoms with Gasteiger partial charge in [0.05, 0.1) is 32.6 Å². The number of aryl methyl sites for hydroxylation is 1. The third-order valence-electron chi connectivity index (χ3n) is 6.09. The van der Waals surface area contributed by atoms with Gasteiger partial charge < -0.3 is 19.1 Å². The van der Waals surface area contributed by atoms with Crippen LogP contribution in [0, 0.1) is 12.3 Å². The van der Waals surface area contributed by atoms with Crippen molar-refractivity contribution in [1.82, 2.24) is 19.4 Å². The van der Waals surface area contributed by atoms with Crippen LogP contribution in [-0.4, -0.2) is 65.2 Å². The highest BCUT2D eigenvalue weighted by atomic mass is 35.5. The number of carbonyl (C=O) groups excluding carboxylic acids is 1. The van der Waals surface area contributed by atoms with Gasteiger partial charge in [-0.25, -0.2) is 4.68 Å². The zero-order valence-corrected chi connectivity index (χ0v) is 22.6. The zero-order chi connectivity index (χ0) is 25.3. The summed E-state index contributed by atoms with van der Waals surface area (Å²) in [5, 5.41) is 17.4. The summed E-state index contributed by atoms with van der Waals surface area (Å²) in [5.41, 5.74) is 3.48. The Morgan fingerprint density at radius 2 is 1.86 bits per heavy atom. The molecule has 1 fully saturated rings. The van der Waals surface area contributed by atoms with Gasteiger partial charge in [0.1, 0.15) is 12.3 Å². The van der Waals surface area contributed by atoms with Crippen molar-refractivity contribution < 1.29 is 19.0 Å². The highest BCUT2D eigenvalue weighted by Crippen LogP contribution is 2.40. The predicted molar refractivity (Wildman–Crippen MR) is 139 cm³/mol. The van der Waals surface area contributed by atoms with Gasteiger partial charge in [-0.2, -0.15) is 4.52 Å². The molecule has 3 aromatic rings. The Hall–Kier alpha value is -3.11. The minimum absolute atomic E-state index is 0. The number of Topliss-reactive ketones (excluding diaryl/α,β-unsaturated/α-hetero) is 1. The van der Waals surface area contributed by atoms with Gasteiger partial charge in [-0.3, -0.25) is 10.2 Å². The first-order chi connectivity index (χ1) is 16.6. The summed E-state index contributed by atoms with van der Waals surface area (Å²) < 4.78 is 19.7. The molecule has 0 aliphatic carbocycles. The van der Waals surface area contributed by atoms with Crippen LogP contribution >= 0.6 is 12.4 Å². The number of anilines is 1. The fourth-order valence-corrected chi connectivity index (χ4v) is 4.25. The highest BCUT2D eigenvalue weighted by molar-refractivity contribution is 5.97. The van der Waals surface area contributed by atoms with Crippen LogP contribution in [0.15, 0.2) is 18.2 Å². The first-order valence-electron chi connectivity index (χ1n) is 11.9. The fourth-order valence-electron chi connectivity index (χ4n) is 4.25. The average molecular weight is 519 g/mol. The van der Waals surface area contributed by atoms with Crippen molar-refractivity contribution in [3.05, 3.63) is 40.5 Å². The fraction of sp³-hybridized carbons (Fsp3) is 0.520. The van der Waals surface area contributed by atoms with Crippen LogP contribution in [0.5, 0.6) is 11.6 Å². The van der Waals surface area contributed by atoms with E-state index < -0.39 is 0 Å². The molecule has 1 saturated heterocycles. The zero-order valence-electron chi connectivity index (χ0n) is 21.8. The molecule has 11 heteroatoms. The third kappa shape index (κ3) is 5.34. The topological polar surface area (TPSA) is 107 Å². The number of rotatable bonds is 7. The van der Waals surface area contributed by atoms with E-state index in [9.17, 15) is 4.79 Å². The van der Waals surface area contributed by atoms with E-state index in [4.69, 9.17) is 19.6 Å². The number of benzene rings is 1. The molecule has 3 heterocycles. The molecule has 1 aromatic carbocycles. The summed E-state index contributed by atoms with van der Waals surface area (Å²) in [6.45, 7) is 13.2. The smallest absolute Gasteiger partial charge is 0.242 e. The summed E-state index contributed by atoms with van der Waals surface area (Å²) in [6.07, 6.45) is 0. The molecule has 0 atom stereocenters. The maximum atomic E-state index is 13.5. The Kier molecular flexibility index (Phi) is 8.30. The molecule has 1 N–H and O–H groups in total. The maximum Gasteiger partial charge on any atom is 0.242 e. The van der Waals surface area contributed by atoms with Crippen molar-refractivity contribution in [2.45, 2.75) is 46.6 Å². The summed E-state index contributed by atoms with van der Waals surface area (Å²) in [6, 6.07) is 5.59. The lowest BCUT2D eigenvalue weighted by atomic mass is 9.84. The number of nitrogens with one attached hydrogen (secondary N) is 1. The molecule has 0 bridgehead atoms. The Morgan fingerprint density at radius 1 is 1.17 bits per heavy atom. The monoisotopic (exact) mass is 518 g/mol. The number of carbonyl (C=O) groups is 1. The summed E-state index contributed by atoms with van der Waals surface area (Å²) in [4.78, 5) is 15.7. The van der Waals surface area contributed by atoms with E-state index in [0.717, 1.165) is 35.7 Å². The summed E-state index contributed by atoms with van der Waals surface area (Å²) in [5.74, 6) is 1.08. The van der Waals surface area contributed by atoms with Gasteiger partial charge in [-0.15, -0.1) is 22.6 Å². The lowest BCUT2D eigenvalue weighted by Crippen LogP contribution is -2.37. The maximum absolute atomic E-state index is 13.5. The van der Waals surface area contributed by atoms with Crippen molar-refractivity contribution in [1.29, 1.82) is 5.41 Å². The predicted octanol–water partition coefficient (Wildman–Crippen LogP) is 3.16. The number of ether oxygens (including phenoxy) is 3. The number of hydrogen-bond acceptors (Lipinski definition) is 8. The lowest BCUT2D eigenvalue weighted by Gasteiger charge is -2.33. The van der Waals surface area contributed by atoms with Gasteiger partial charge in [0.15, 0.2) is 11.4 Å². The number of morpholine rings is 1. The molecule has 36 heavy (non-hydrogen) atoms. The van der Waals surface area contributed by atoms with Crippen LogP contribution < -0.4 is 20.0 Å². The second kappa shape index (κ2) is 10.9. The second-order valence-electron chi connectivity index (χ2n) is 9.67. The molecule has 1 aliphatic rings. The van der Waals surface area contributed by atoms with Gasteiger partial charge >= 0.3 is 0 Å². The van der Waals surface area contributed by atoms with Gasteiger partial charge in [-0.1, -0.05) is 20.8 Å². The van der Waals surface area contributed by atoms with E-state index in [1.54, 1.807) is 13.2 Å². The Morgan fingerprint density at radius 3 is 2.47 bits per heavy atom.